The molecule has 6 heteroatoms. The van der Waals surface area contributed by atoms with Gasteiger partial charge in [-0.2, -0.15) is 0 Å². The first-order valence-electron chi connectivity index (χ1n) is 5.83. The average molecular weight is 288 g/mol. The molecule has 0 aromatic heterocycles. The number of anilines is 1. The van der Waals surface area contributed by atoms with Gasteiger partial charge < -0.3 is 10.4 Å². The number of aryl methyl sites for hydroxylation is 1. The number of nitrogens with one attached hydrogen (secondary N) is 1. The maximum Gasteiger partial charge on any atom is 0.272 e. The monoisotopic (exact) mass is 288 g/mol. The van der Waals surface area contributed by atoms with Crippen molar-refractivity contribution in [3.05, 3.63) is 63.7 Å². The van der Waals surface area contributed by atoms with Gasteiger partial charge in [-0.15, -0.1) is 0 Å². The van der Waals surface area contributed by atoms with E-state index in [-0.39, 0.29) is 11.4 Å². The molecule has 5 nitrogen and oxygen atoms in total. The smallest absolute Gasteiger partial charge is 0.272 e. The van der Waals surface area contributed by atoms with Crippen LogP contribution in [-0.4, -0.2) is 15.0 Å². The Morgan fingerprint density at radius 2 is 1.90 bits per heavy atom. The summed E-state index contributed by atoms with van der Waals surface area (Å²) >= 11 is 5.26. The van der Waals surface area contributed by atoms with E-state index in [4.69, 9.17) is 12.2 Å². The van der Waals surface area contributed by atoms with Gasteiger partial charge >= 0.3 is 0 Å². The van der Waals surface area contributed by atoms with Crippen LogP contribution in [0.1, 0.15) is 11.1 Å². The minimum atomic E-state index is -0.421. The first kappa shape index (κ1) is 14.0. The summed E-state index contributed by atoms with van der Waals surface area (Å²) < 4.78 is 0. The molecule has 0 saturated carbocycles. The van der Waals surface area contributed by atoms with Gasteiger partial charge in [-0.3, -0.25) is 10.1 Å². The van der Waals surface area contributed by atoms with Gasteiger partial charge in [0.15, 0.2) is 0 Å². The minimum absolute atomic E-state index is 0.0705. The first-order valence-corrected chi connectivity index (χ1v) is 6.23. The molecule has 0 radical (unpaired) electrons. The SMILES string of the molecule is Cc1cc(C(=S)Nc2ccc(O)cc2)ccc1[N+](=O)[O-]. The summed E-state index contributed by atoms with van der Waals surface area (Å²) in [5.74, 6) is 0.174. The topological polar surface area (TPSA) is 75.4 Å². The zero-order valence-electron chi connectivity index (χ0n) is 10.7. The Morgan fingerprint density at radius 3 is 2.45 bits per heavy atom. The summed E-state index contributed by atoms with van der Waals surface area (Å²) in [6.45, 7) is 1.67. The van der Waals surface area contributed by atoms with Crippen molar-refractivity contribution in [3.8, 4) is 5.75 Å². The number of rotatable bonds is 3. The van der Waals surface area contributed by atoms with E-state index in [1.165, 1.54) is 6.07 Å². The van der Waals surface area contributed by atoms with Crippen LogP contribution in [0.5, 0.6) is 5.75 Å². The molecule has 0 aliphatic heterocycles. The van der Waals surface area contributed by atoms with Gasteiger partial charge in [0.25, 0.3) is 5.69 Å². The number of nitro benzene ring substituents is 1. The van der Waals surface area contributed by atoms with Crippen LogP contribution in [0.25, 0.3) is 0 Å². The lowest BCUT2D eigenvalue weighted by Gasteiger charge is -2.09. The lowest BCUT2D eigenvalue weighted by atomic mass is 10.1. The highest BCUT2D eigenvalue weighted by Gasteiger charge is 2.12. The predicted molar refractivity (Wildman–Crippen MR) is 81.3 cm³/mol. The molecule has 0 heterocycles. The van der Waals surface area contributed by atoms with Gasteiger partial charge in [-0.05, 0) is 43.3 Å². The largest absolute Gasteiger partial charge is 0.508 e. The number of nitro groups is 1. The fourth-order valence-corrected chi connectivity index (χ4v) is 1.99. The van der Waals surface area contributed by atoms with E-state index >= 15 is 0 Å². The molecule has 0 spiro atoms. The molecule has 2 aromatic carbocycles. The Bertz CT molecular complexity index is 669. The number of benzene rings is 2. The summed E-state index contributed by atoms with van der Waals surface area (Å²) in [7, 11) is 0. The normalized spacial score (nSPS) is 10.1. The van der Waals surface area contributed by atoms with Crippen LogP contribution in [0.15, 0.2) is 42.5 Å². The molecule has 0 amide bonds. The Kier molecular flexibility index (Phi) is 3.95. The first-order chi connectivity index (χ1) is 9.47. The predicted octanol–water partition coefficient (Wildman–Crippen LogP) is 3.40. The molecule has 0 aliphatic carbocycles. The number of hydrogen-bond donors (Lipinski definition) is 2. The summed E-state index contributed by atoms with van der Waals surface area (Å²) in [5, 5.41) is 23.0. The van der Waals surface area contributed by atoms with Gasteiger partial charge in [-0.25, -0.2) is 0 Å². The summed E-state index contributed by atoms with van der Waals surface area (Å²) in [5.41, 5.74) is 2.07. The second-order valence-corrected chi connectivity index (χ2v) is 4.67. The van der Waals surface area contributed by atoms with Crippen LogP contribution in [-0.2, 0) is 0 Å². The van der Waals surface area contributed by atoms with Crippen molar-refractivity contribution in [2.24, 2.45) is 0 Å². The Morgan fingerprint density at radius 1 is 1.25 bits per heavy atom. The van der Waals surface area contributed by atoms with Crippen molar-refractivity contribution < 1.29 is 10.0 Å². The van der Waals surface area contributed by atoms with Crippen LogP contribution >= 0.6 is 12.2 Å². The van der Waals surface area contributed by atoms with Crippen LogP contribution in [0.4, 0.5) is 11.4 Å². The molecule has 2 rings (SSSR count). The van der Waals surface area contributed by atoms with E-state index in [1.54, 1.807) is 43.3 Å². The van der Waals surface area contributed by atoms with Crippen molar-refractivity contribution >= 4 is 28.6 Å². The van der Waals surface area contributed by atoms with Crippen molar-refractivity contribution in [2.45, 2.75) is 6.92 Å². The number of phenolic OH excluding ortho intramolecular Hbond substituents is 1. The van der Waals surface area contributed by atoms with Crippen molar-refractivity contribution in [1.29, 1.82) is 0 Å². The fraction of sp³-hybridized carbons (Fsp3) is 0.0714. The lowest BCUT2D eigenvalue weighted by molar-refractivity contribution is -0.385. The minimum Gasteiger partial charge on any atom is -0.508 e. The van der Waals surface area contributed by atoms with Crippen molar-refractivity contribution in [1.82, 2.24) is 0 Å². The van der Waals surface area contributed by atoms with Gasteiger partial charge in [-0.1, -0.05) is 12.2 Å². The molecule has 0 atom stereocenters. The van der Waals surface area contributed by atoms with Crippen LogP contribution in [0.3, 0.4) is 0 Å². The molecule has 0 saturated heterocycles. The van der Waals surface area contributed by atoms with E-state index < -0.39 is 4.92 Å². The number of nitrogens with zero attached hydrogens (tertiary/aromatic N) is 1. The number of phenols is 1. The second-order valence-electron chi connectivity index (χ2n) is 4.26. The zero-order valence-corrected chi connectivity index (χ0v) is 11.5. The molecule has 0 bridgehead atoms. The van der Waals surface area contributed by atoms with Crippen molar-refractivity contribution in [3.63, 3.8) is 0 Å². The molecular formula is C14H12N2O3S. The number of hydrogen-bond acceptors (Lipinski definition) is 4. The molecule has 2 aromatic rings. The van der Waals surface area contributed by atoms with Crippen LogP contribution < -0.4 is 5.32 Å². The van der Waals surface area contributed by atoms with E-state index in [1.807, 2.05) is 0 Å². The molecule has 102 valence electrons. The second kappa shape index (κ2) is 5.66. The van der Waals surface area contributed by atoms with Gasteiger partial charge in [0, 0.05) is 22.9 Å². The summed E-state index contributed by atoms with van der Waals surface area (Å²) in [4.78, 5) is 10.8. The Balaban J connectivity index is 2.19. The molecular weight excluding hydrogens is 276 g/mol. The maximum absolute atomic E-state index is 10.8. The Hall–Kier alpha value is -2.47. The van der Waals surface area contributed by atoms with Crippen LogP contribution in [0, 0.1) is 17.0 Å². The third-order valence-electron chi connectivity index (χ3n) is 2.78. The molecule has 2 N–H and O–H groups in total. The van der Waals surface area contributed by atoms with Gasteiger partial charge in [0.05, 0.1) is 4.92 Å². The lowest BCUT2D eigenvalue weighted by Crippen LogP contribution is -2.10. The molecule has 0 aliphatic rings. The molecule has 0 fully saturated rings. The number of thiocarbonyl (C=S) groups is 1. The quantitative estimate of drug-likeness (QED) is 0.392. The van der Waals surface area contributed by atoms with E-state index in [0.29, 0.717) is 16.1 Å². The average Bonchev–Trinajstić information content (AvgIpc) is 2.40. The fourth-order valence-electron chi connectivity index (χ4n) is 1.75. The standard InChI is InChI=1S/C14H12N2O3S/c1-9-8-10(2-7-13(9)16(18)19)14(20)15-11-3-5-12(17)6-4-11/h2-8,17H,1H3,(H,15,20). The number of aromatic hydroxyl groups is 1. The highest BCUT2D eigenvalue weighted by molar-refractivity contribution is 7.81. The third kappa shape index (κ3) is 3.10. The van der Waals surface area contributed by atoms with Gasteiger partial charge in [0.1, 0.15) is 10.7 Å². The van der Waals surface area contributed by atoms with E-state index in [2.05, 4.69) is 5.32 Å². The van der Waals surface area contributed by atoms with Crippen LogP contribution in [0.2, 0.25) is 0 Å². The summed E-state index contributed by atoms with van der Waals surface area (Å²) in [6, 6.07) is 11.2. The Labute approximate surface area is 121 Å². The maximum atomic E-state index is 10.8. The molecule has 20 heavy (non-hydrogen) atoms. The van der Waals surface area contributed by atoms with E-state index in [0.717, 1.165) is 5.69 Å². The highest BCUT2D eigenvalue weighted by atomic mass is 32.1. The molecule has 0 unspecified atom stereocenters. The van der Waals surface area contributed by atoms with Crippen molar-refractivity contribution in [2.75, 3.05) is 5.32 Å². The van der Waals surface area contributed by atoms with E-state index in [9.17, 15) is 15.2 Å². The van der Waals surface area contributed by atoms with Gasteiger partial charge in [0.2, 0.25) is 0 Å². The highest BCUT2D eigenvalue weighted by Crippen LogP contribution is 2.20. The third-order valence-corrected chi connectivity index (χ3v) is 3.12. The zero-order chi connectivity index (χ0) is 14.7. The summed E-state index contributed by atoms with van der Waals surface area (Å²) in [6.07, 6.45) is 0.